The molecule has 2 rings (SSSR count). The number of guanidine groups is 1. The lowest BCUT2D eigenvalue weighted by Crippen LogP contribution is -2.47. The summed E-state index contributed by atoms with van der Waals surface area (Å²) in [5, 5.41) is 3.16. The zero-order chi connectivity index (χ0) is 16.7. The summed E-state index contributed by atoms with van der Waals surface area (Å²) < 4.78 is 0. The number of halogens is 1. The molecular weight excluding hydrogens is 413 g/mol. The Labute approximate surface area is 163 Å². The Morgan fingerprint density at radius 1 is 1.25 bits per heavy atom. The van der Waals surface area contributed by atoms with Crippen molar-refractivity contribution in [2.75, 3.05) is 51.1 Å². The van der Waals surface area contributed by atoms with Crippen molar-refractivity contribution in [3.63, 3.8) is 0 Å². The summed E-state index contributed by atoms with van der Waals surface area (Å²) in [6.07, 6.45) is 0. The van der Waals surface area contributed by atoms with Crippen LogP contribution < -0.4 is 11.1 Å². The van der Waals surface area contributed by atoms with E-state index < -0.39 is 0 Å². The van der Waals surface area contributed by atoms with Gasteiger partial charge in [0.1, 0.15) is 0 Å². The molecule has 0 radical (unpaired) electrons. The van der Waals surface area contributed by atoms with E-state index >= 15 is 0 Å². The summed E-state index contributed by atoms with van der Waals surface area (Å²) in [5.74, 6) is 1.01. The number of aryl methyl sites for hydroxylation is 1. The van der Waals surface area contributed by atoms with Crippen molar-refractivity contribution >= 4 is 35.6 Å². The van der Waals surface area contributed by atoms with Crippen LogP contribution >= 0.6 is 24.0 Å². The third-order valence-corrected chi connectivity index (χ3v) is 4.35. The number of rotatable bonds is 6. The normalized spacial score (nSPS) is 18.0. The number of likely N-dealkylation sites (N-methyl/N-ethyl adjacent to an activating group) is 1. The number of anilines is 1. The van der Waals surface area contributed by atoms with E-state index in [1.54, 1.807) is 0 Å². The molecule has 1 fully saturated rings. The average Bonchev–Trinajstić information content (AvgIpc) is 2.54. The van der Waals surface area contributed by atoms with Crippen molar-refractivity contribution in [2.45, 2.75) is 20.8 Å². The van der Waals surface area contributed by atoms with Gasteiger partial charge in [-0.15, -0.1) is 24.0 Å². The van der Waals surface area contributed by atoms with Gasteiger partial charge in [-0.3, -0.25) is 4.99 Å². The SMILES string of the molecule is CCN1CCN(CC(C)CN=C(N)Nc2cccc(C)c2)CC1.I. The lowest BCUT2D eigenvalue weighted by atomic mass is 10.1. The van der Waals surface area contributed by atoms with Gasteiger partial charge in [0.25, 0.3) is 0 Å². The highest BCUT2D eigenvalue weighted by molar-refractivity contribution is 14.0. The number of hydrogen-bond acceptors (Lipinski definition) is 3. The number of aliphatic imine (C=N–C) groups is 1. The van der Waals surface area contributed by atoms with E-state index in [-0.39, 0.29) is 24.0 Å². The standard InChI is InChI=1S/C18H31N5.HI/c1-4-22-8-10-23(11-9-22)14-16(3)13-20-18(19)21-17-7-5-6-15(2)12-17;/h5-7,12,16H,4,8-11,13-14H2,1-3H3,(H3,19,20,21);1H. The van der Waals surface area contributed by atoms with Gasteiger partial charge in [0.15, 0.2) is 5.96 Å². The predicted molar refractivity (Wildman–Crippen MR) is 114 cm³/mol. The van der Waals surface area contributed by atoms with Crippen LogP contribution in [0.3, 0.4) is 0 Å². The molecule has 1 aromatic carbocycles. The molecule has 1 saturated heterocycles. The molecule has 1 unspecified atom stereocenters. The maximum Gasteiger partial charge on any atom is 0.193 e. The van der Waals surface area contributed by atoms with Gasteiger partial charge in [-0.1, -0.05) is 26.0 Å². The van der Waals surface area contributed by atoms with E-state index in [9.17, 15) is 0 Å². The number of nitrogens with zero attached hydrogens (tertiary/aromatic N) is 3. The molecule has 0 aliphatic carbocycles. The van der Waals surface area contributed by atoms with E-state index in [2.05, 4.69) is 53.0 Å². The number of nitrogens with one attached hydrogen (secondary N) is 1. The van der Waals surface area contributed by atoms with Gasteiger partial charge in [-0.25, -0.2) is 0 Å². The predicted octanol–water partition coefficient (Wildman–Crippen LogP) is 2.61. The molecule has 1 aliphatic rings. The Hall–Kier alpha value is -0.860. The Balaban J connectivity index is 0.00000288. The molecule has 0 amide bonds. The summed E-state index contributed by atoms with van der Waals surface area (Å²) in [6.45, 7) is 14.3. The van der Waals surface area contributed by atoms with Crippen LogP contribution in [0.25, 0.3) is 0 Å². The number of piperazine rings is 1. The zero-order valence-corrected chi connectivity index (χ0v) is 17.5. The van der Waals surface area contributed by atoms with Gasteiger partial charge in [0, 0.05) is 45.0 Å². The molecule has 3 N–H and O–H groups in total. The molecule has 136 valence electrons. The monoisotopic (exact) mass is 445 g/mol. The van der Waals surface area contributed by atoms with Crippen LogP contribution in [0.1, 0.15) is 19.4 Å². The van der Waals surface area contributed by atoms with Crippen molar-refractivity contribution in [1.29, 1.82) is 0 Å². The van der Waals surface area contributed by atoms with Crippen molar-refractivity contribution < 1.29 is 0 Å². The molecule has 24 heavy (non-hydrogen) atoms. The van der Waals surface area contributed by atoms with Gasteiger partial charge < -0.3 is 20.9 Å². The van der Waals surface area contributed by atoms with E-state index in [1.807, 2.05) is 12.1 Å². The topological polar surface area (TPSA) is 56.9 Å². The third-order valence-electron chi connectivity index (χ3n) is 4.35. The highest BCUT2D eigenvalue weighted by Gasteiger charge is 2.17. The van der Waals surface area contributed by atoms with Crippen molar-refractivity contribution in [1.82, 2.24) is 9.80 Å². The fourth-order valence-electron chi connectivity index (χ4n) is 2.95. The van der Waals surface area contributed by atoms with Gasteiger partial charge in [-0.05, 0) is 37.1 Å². The van der Waals surface area contributed by atoms with Gasteiger partial charge in [0.2, 0.25) is 0 Å². The van der Waals surface area contributed by atoms with Gasteiger partial charge >= 0.3 is 0 Å². The summed E-state index contributed by atoms with van der Waals surface area (Å²) in [6, 6.07) is 8.16. The molecule has 1 atom stereocenters. The second-order valence-corrected chi connectivity index (χ2v) is 6.56. The average molecular weight is 445 g/mol. The summed E-state index contributed by atoms with van der Waals surface area (Å²) in [5.41, 5.74) is 8.20. The van der Waals surface area contributed by atoms with Crippen LogP contribution in [0, 0.1) is 12.8 Å². The zero-order valence-electron chi connectivity index (χ0n) is 15.2. The molecule has 0 saturated carbocycles. The van der Waals surface area contributed by atoms with Crippen LogP contribution in [0.4, 0.5) is 5.69 Å². The first-order valence-electron chi connectivity index (χ1n) is 8.65. The highest BCUT2D eigenvalue weighted by Crippen LogP contribution is 2.09. The number of hydrogen-bond donors (Lipinski definition) is 2. The summed E-state index contributed by atoms with van der Waals surface area (Å²) >= 11 is 0. The molecule has 5 nitrogen and oxygen atoms in total. The van der Waals surface area contributed by atoms with E-state index in [0.29, 0.717) is 11.9 Å². The summed E-state index contributed by atoms with van der Waals surface area (Å²) in [4.78, 5) is 9.53. The molecule has 1 aliphatic heterocycles. The molecule has 6 heteroatoms. The quantitative estimate of drug-likeness (QED) is 0.402. The Morgan fingerprint density at radius 3 is 2.54 bits per heavy atom. The van der Waals surface area contributed by atoms with Crippen molar-refractivity contribution in [3.8, 4) is 0 Å². The minimum Gasteiger partial charge on any atom is -0.370 e. The molecular formula is C18H32IN5. The highest BCUT2D eigenvalue weighted by atomic mass is 127. The number of benzene rings is 1. The molecule has 0 spiro atoms. The fourth-order valence-corrected chi connectivity index (χ4v) is 2.95. The van der Waals surface area contributed by atoms with Crippen LogP contribution in [0.15, 0.2) is 29.3 Å². The van der Waals surface area contributed by atoms with Crippen molar-refractivity contribution in [3.05, 3.63) is 29.8 Å². The molecule has 1 heterocycles. The minimum absolute atomic E-state index is 0. The molecule has 0 aromatic heterocycles. The van der Waals surface area contributed by atoms with Crippen LogP contribution in [0.2, 0.25) is 0 Å². The first-order chi connectivity index (χ1) is 11.1. The van der Waals surface area contributed by atoms with E-state index in [1.165, 1.54) is 31.7 Å². The lowest BCUT2D eigenvalue weighted by Gasteiger charge is -2.35. The van der Waals surface area contributed by atoms with Gasteiger partial charge in [-0.2, -0.15) is 0 Å². The van der Waals surface area contributed by atoms with Gasteiger partial charge in [0.05, 0.1) is 0 Å². The first kappa shape index (κ1) is 21.2. The van der Waals surface area contributed by atoms with E-state index in [0.717, 1.165) is 25.3 Å². The van der Waals surface area contributed by atoms with Crippen LogP contribution in [0.5, 0.6) is 0 Å². The second kappa shape index (κ2) is 10.9. The Morgan fingerprint density at radius 2 is 1.92 bits per heavy atom. The minimum atomic E-state index is 0. The molecule has 0 bridgehead atoms. The first-order valence-corrected chi connectivity index (χ1v) is 8.65. The largest absolute Gasteiger partial charge is 0.370 e. The maximum absolute atomic E-state index is 5.99. The maximum atomic E-state index is 5.99. The molecule has 1 aromatic rings. The third kappa shape index (κ3) is 7.36. The van der Waals surface area contributed by atoms with Crippen LogP contribution in [-0.4, -0.2) is 61.6 Å². The van der Waals surface area contributed by atoms with E-state index in [4.69, 9.17) is 5.73 Å². The Bertz CT molecular complexity index is 512. The summed E-state index contributed by atoms with van der Waals surface area (Å²) in [7, 11) is 0. The smallest absolute Gasteiger partial charge is 0.193 e. The second-order valence-electron chi connectivity index (χ2n) is 6.56. The van der Waals surface area contributed by atoms with Crippen molar-refractivity contribution in [2.24, 2.45) is 16.6 Å². The Kier molecular flexibility index (Phi) is 9.61. The number of nitrogens with two attached hydrogens (primary N) is 1. The lowest BCUT2D eigenvalue weighted by molar-refractivity contribution is 0.125. The van der Waals surface area contributed by atoms with Crippen LogP contribution in [-0.2, 0) is 0 Å². The fraction of sp³-hybridized carbons (Fsp3) is 0.611.